The maximum absolute atomic E-state index is 10.9. The van der Waals surface area contributed by atoms with Crippen LogP contribution in [0.1, 0.15) is 42.9 Å². The van der Waals surface area contributed by atoms with Crippen LogP contribution < -0.4 is 5.32 Å². The molecule has 98 valence electrons. The Kier molecular flexibility index (Phi) is 3.71. The first-order chi connectivity index (χ1) is 8.51. The van der Waals surface area contributed by atoms with Crippen molar-refractivity contribution in [3.8, 4) is 0 Å². The van der Waals surface area contributed by atoms with E-state index < -0.39 is 5.60 Å². The van der Waals surface area contributed by atoms with Gasteiger partial charge in [0.1, 0.15) is 0 Å². The second kappa shape index (κ2) is 5.11. The van der Waals surface area contributed by atoms with E-state index in [1.807, 2.05) is 6.92 Å². The lowest BCUT2D eigenvalue weighted by Gasteiger charge is -2.35. The molecule has 2 N–H and O–H groups in total. The van der Waals surface area contributed by atoms with E-state index >= 15 is 0 Å². The van der Waals surface area contributed by atoms with Crippen molar-refractivity contribution >= 4 is 5.91 Å². The van der Waals surface area contributed by atoms with Gasteiger partial charge in [0, 0.05) is 13.5 Å². The number of benzene rings is 1. The number of carbonyl (C=O) groups excluding carboxylic acids is 1. The molecule has 1 aliphatic carbocycles. The molecule has 1 unspecified atom stereocenters. The van der Waals surface area contributed by atoms with E-state index in [0.29, 0.717) is 13.0 Å². The van der Waals surface area contributed by atoms with Gasteiger partial charge in [0.05, 0.1) is 5.60 Å². The summed E-state index contributed by atoms with van der Waals surface area (Å²) in [6.07, 6.45) is 3.41. The van der Waals surface area contributed by atoms with Gasteiger partial charge in [-0.05, 0) is 43.7 Å². The fraction of sp³-hybridized carbons (Fsp3) is 0.533. The Morgan fingerprint density at radius 1 is 1.50 bits per heavy atom. The van der Waals surface area contributed by atoms with Crippen LogP contribution in [0.4, 0.5) is 0 Å². The Hall–Kier alpha value is -1.35. The summed E-state index contributed by atoms with van der Waals surface area (Å²) in [5, 5.41) is 13.6. The Morgan fingerprint density at radius 2 is 2.28 bits per heavy atom. The van der Waals surface area contributed by atoms with Crippen LogP contribution >= 0.6 is 0 Å². The SMILES string of the molecule is CC(=O)NCCC1(O)CCCc2ccc(C)cc21. The third kappa shape index (κ3) is 2.72. The van der Waals surface area contributed by atoms with Gasteiger partial charge in [0.2, 0.25) is 5.91 Å². The summed E-state index contributed by atoms with van der Waals surface area (Å²) >= 11 is 0. The average molecular weight is 247 g/mol. The van der Waals surface area contributed by atoms with Crippen LogP contribution in [-0.2, 0) is 16.8 Å². The highest BCUT2D eigenvalue weighted by atomic mass is 16.3. The molecule has 0 saturated heterocycles. The molecule has 2 rings (SSSR count). The van der Waals surface area contributed by atoms with Crippen LogP contribution in [0.15, 0.2) is 18.2 Å². The van der Waals surface area contributed by atoms with Gasteiger partial charge >= 0.3 is 0 Å². The number of aryl methyl sites for hydroxylation is 2. The quantitative estimate of drug-likeness (QED) is 0.858. The maximum Gasteiger partial charge on any atom is 0.216 e. The van der Waals surface area contributed by atoms with Crippen LogP contribution in [-0.4, -0.2) is 17.6 Å². The molecule has 18 heavy (non-hydrogen) atoms. The van der Waals surface area contributed by atoms with E-state index in [1.165, 1.54) is 18.1 Å². The molecule has 1 amide bonds. The summed E-state index contributed by atoms with van der Waals surface area (Å²) < 4.78 is 0. The molecule has 0 heterocycles. The van der Waals surface area contributed by atoms with Gasteiger partial charge in [0.15, 0.2) is 0 Å². The number of aliphatic hydroxyl groups is 1. The predicted octanol–water partition coefficient (Wildman–Crippen LogP) is 2.05. The molecule has 3 nitrogen and oxygen atoms in total. The minimum atomic E-state index is -0.776. The minimum absolute atomic E-state index is 0.0427. The van der Waals surface area contributed by atoms with Crippen molar-refractivity contribution in [3.63, 3.8) is 0 Å². The fourth-order valence-corrected chi connectivity index (χ4v) is 2.75. The number of hydrogen-bond acceptors (Lipinski definition) is 2. The highest BCUT2D eigenvalue weighted by Crippen LogP contribution is 2.38. The fourth-order valence-electron chi connectivity index (χ4n) is 2.75. The zero-order chi connectivity index (χ0) is 13.2. The smallest absolute Gasteiger partial charge is 0.216 e. The van der Waals surface area contributed by atoms with Gasteiger partial charge in [0.25, 0.3) is 0 Å². The van der Waals surface area contributed by atoms with Crippen molar-refractivity contribution in [2.75, 3.05) is 6.54 Å². The van der Waals surface area contributed by atoms with Crippen molar-refractivity contribution in [2.24, 2.45) is 0 Å². The third-order valence-corrected chi connectivity index (χ3v) is 3.72. The second-order valence-electron chi connectivity index (χ2n) is 5.28. The standard InChI is InChI=1S/C15H21NO2/c1-11-5-6-13-4-3-7-15(18,14(13)10-11)8-9-16-12(2)17/h5-6,10,18H,3-4,7-9H2,1-2H3,(H,16,17). The Bertz CT molecular complexity index is 456. The number of hydrogen-bond donors (Lipinski definition) is 2. The number of amides is 1. The van der Waals surface area contributed by atoms with Crippen LogP contribution in [0, 0.1) is 6.92 Å². The van der Waals surface area contributed by atoms with Crippen LogP contribution in [0.3, 0.4) is 0 Å². The minimum Gasteiger partial charge on any atom is -0.385 e. The summed E-state index contributed by atoms with van der Waals surface area (Å²) in [6.45, 7) is 4.07. The third-order valence-electron chi connectivity index (χ3n) is 3.72. The van der Waals surface area contributed by atoms with Crippen molar-refractivity contribution in [2.45, 2.75) is 45.1 Å². The first-order valence-corrected chi connectivity index (χ1v) is 6.58. The van der Waals surface area contributed by atoms with Gasteiger partial charge in [-0.3, -0.25) is 4.79 Å². The largest absolute Gasteiger partial charge is 0.385 e. The molecular weight excluding hydrogens is 226 g/mol. The van der Waals surface area contributed by atoms with E-state index in [-0.39, 0.29) is 5.91 Å². The van der Waals surface area contributed by atoms with E-state index in [4.69, 9.17) is 0 Å². The van der Waals surface area contributed by atoms with Crippen molar-refractivity contribution < 1.29 is 9.90 Å². The molecule has 0 radical (unpaired) electrons. The van der Waals surface area contributed by atoms with Gasteiger partial charge in [-0.25, -0.2) is 0 Å². The van der Waals surface area contributed by atoms with E-state index in [0.717, 1.165) is 24.8 Å². The zero-order valence-corrected chi connectivity index (χ0v) is 11.1. The number of carbonyl (C=O) groups is 1. The zero-order valence-electron chi connectivity index (χ0n) is 11.1. The lowest BCUT2D eigenvalue weighted by Crippen LogP contribution is -2.35. The molecule has 0 saturated carbocycles. The van der Waals surface area contributed by atoms with Crippen molar-refractivity contribution in [3.05, 3.63) is 34.9 Å². The summed E-state index contributed by atoms with van der Waals surface area (Å²) in [5.74, 6) is -0.0427. The molecule has 0 aliphatic heterocycles. The molecule has 0 aromatic heterocycles. The van der Waals surface area contributed by atoms with Gasteiger partial charge in [-0.1, -0.05) is 23.8 Å². The van der Waals surface area contributed by atoms with Gasteiger partial charge < -0.3 is 10.4 Å². The van der Waals surface area contributed by atoms with Crippen LogP contribution in [0.2, 0.25) is 0 Å². The summed E-state index contributed by atoms with van der Waals surface area (Å²) in [4.78, 5) is 10.9. The first-order valence-electron chi connectivity index (χ1n) is 6.58. The number of fused-ring (bicyclic) bond motifs is 1. The average Bonchev–Trinajstić information content (AvgIpc) is 2.30. The predicted molar refractivity (Wildman–Crippen MR) is 71.3 cm³/mol. The normalized spacial score (nSPS) is 22.4. The molecule has 3 heteroatoms. The van der Waals surface area contributed by atoms with E-state index in [1.54, 1.807) is 0 Å². The number of rotatable bonds is 3. The summed E-state index contributed by atoms with van der Waals surface area (Å²) in [6, 6.07) is 6.30. The lowest BCUT2D eigenvalue weighted by molar-refractivity contribution is -0.119. The maximum atomic E-state index is 10.9. The molecule has 1 aromatic rings. The molecular formula is C15H21NO2. The number of nitrogens with one attached hydrogen (secondary N) is 1. The summed E-state index contributed by atoms with van der Waals surface area (Å²) in [5.41, 5.74) is 2.70. The van der Waals surface area contributed by atoms with E-state index in [9.17, 15) is 9.90 Å². The highest BCUT2D eigenvalue weighted by Gasteiger charge is 2.33. The van der Waals surface area contributed by atoms with Crippen molar-refractivity contribution in [1.82, 2.24) is 5.32 Å². The molecule has 1 aliphatic rings. The van der Waals surface area contributed by atoms with Gasteiger partial charge in [-0.2, -0.15) is 0 Å². The van der Waals surface area contributed by atoms with Crippen LogP contribution in [0.5, 0.6) is 0 Å². The molecule has 1 atom stereocenters. The van der Waals surface area contributed by atoms with Crippen LogP contribution in [0.25, 0.3) is 0 Å². The first kappa shape index (κ1) is 13.1. The molecule has 1 aromatic carbocycles. The highest BCUT2D eigenvalue weighted by molar-refractivity contribution is 5.72. The Morgan fingerprint density at radius 3 is 3.00 bits per heavy atom. The van der Waals surface area contributed by atoms with E-state index in [2.05, 4.69) is 23.5 Å². The second-order valence-corrected chi connectivity index (χ2v) is 5.28. The Balaban J connectivity index is 2.19. The molecule has 0 bridgehead atoms. The monoisotopic (exact) mass is 247 g/mol. The lowest BCUT2D eigenvalue weighted by atomic mass is 9.76. The molecule has 0 fully saturated rings. The van der Waals surface area contributed by atoms with Crippen molar-refractivity contribution in [1.29, 1.82) is 0 Å². The van der Waals surface area contributed by atoms with Gasteiger partial charge in [-0.15, -0.1) is 0 Å². The topological polar surface area (TPSA) is 49.3 Å². The molecule has 0 spiro atoms. The summed E-state index contributed by atoms with van der Waals surface area (Å²) in [7, 11) is 0. The Labute approximate surface area is 108 Å².